The standard InChI is InChI=1S/C29H48O/c1-18(2)19(3)8-9-20(4)23-12-13-25-22-10-11-24-21(5)27(30)15-17-29(24,7)26(22)14-16-28(23,25)6/h10,18,20-21,23-27,30H,3,8-9,11-17H2,1-2,4-7H3/t20-,21+,23-,24+,25+,26+,27+,28-,29+/m1/s1. The largest absolute Gasteiger partial charge is 0.393 e. The molecule has 0 aromatic heterocycles. The van der Waals surface area contributed by atoms with E-state index in [-0.39, 0.29) is 6.10 Å². The van der Waals surface area contributed by atoms with Crippen LogP contribution < -0.4 is 0 Å². The average Bonchev–Trinajstić information content (AvgIpc) is 3.06. The Balaban J connectivity index is 1.52. The highest BCUT2D eigenvalue weighted by atomic mass is 16.3. The minimum absolute atomic E-state index is 0.0795. The monoisotopic (exact) mass is 412 g/mol. The van der Waals surface area contributed by atoms with E-state index in [4.69, 9.17) is 0 Å². The number of allylic oxidation sites excluding steroid dienone is 3. The summed E-state index contributed by atoms with van der Waals surface area (Å²) in [5.41, 5.74) is 4.22. The minimum Gasteiger partial charge on any atom is -0.393 e. The van der Waals surface area contributed by atoms with Gasteiger partial charge in [0.05, 0.1) is 6.10 Å². The van der Waals surface area contributed by atoms with Gasteiger partial charge in [0.15, 0.2) is 0 Å². The van der Waals surface area contributed by atoms with Gasteiger partial charge in [0.25, 0.3) is 0 Å². The molecule has 0 aromatic rings. The summed E-state index contributed by atoms with van der Waals surface area (Å²) in [4.78, 5) is 0. The van der Waals surface area contributed by atoms with Gasteiger partial charge in [-0.2, -0.15) is 0 Å². The average molecular weight is 413 g/mol. The third-order valence-corrected chi connectivity index (χ3v) is 11.1. The Labute approximate surface area is 186 Å². The SMILES string of the molecule is C=C(CC[C@@H](C)[C@H]1CC[C@H]2C3=CC[C@H]4[C@H](C)[C@@H](O)CC[C@]4(C)[C@H]3CC[C@]12C)C(C)C. The van der Waals surface area contributed by atoms with Crippen LogP contribution in [0.3, 0.4) is 0 Å². The topological polar surface area (TPSA) is 20.2 Å². The van der Waals surface area contributed by atoms with Crippen LogP contribution in [0.25, 0.3) is 0 Å². The molecule has 0 aromatic carbocycles. The third-order valence-electron chi connectivity index (χ3n) is 11.1. The zero-order valence-electron chi connectivity index (χ0n) is 20.7. The second-order valence-electron chi connectivity index (χ2n) is 12.7. The van der Waals surface area contributed by atoms with Gasteiger partial charge in [-0.15, -0.1) is 0 Å². The van der Waals surface area contributed by atoms with E-state index in [1.54, 1.807) is 0 Å². The smallest absolute Gasteiger partial charge is 0.0568 e. The van der Waals surface area contributed by atoms with Crippen LogP contribution in [0, 0.1) is 52.3 Å². The van der Waals surface area contributed by atoms with Crippen LogP contribution in [0.15, 0.2) is 23.8 Å². The number of aliphatic hydroxyl groups is 1. The van der Waals surface area contributed by atoms with E-state index in [1.807, 2.05) is 5.57 Å². The minimum atomic E-state index is -0.0795. The third kappa shape index (κ3) is 3.46. The molecule has 0 amide bonds. The molecule has 1 N–H and O–H groups in total. The summed E-state index contributed by atoms with van der Waals surface area (Å²) >= 11 is 0. The Kier molecular flexibility index (Phi) is 6.10. The summed E-state index contributed by atoms with van der Waals surface area (Å²) < 4.78 is 0. The van der Waals surface area contributed by atoms with Gasteiger partial charge in [0.2, 0.25) is 0 Å². The van der Waals surface area contributed by atoms with Crippen LogP contribution in [0.1, 0.15) is 99.3 Å². The highest BCUT2D eigenvalue weighted by Crippen LogP contribution is 2.67. The van der Waals surface area contributed by atoms with E-state index >= 15 is 0 Å². The first-order valence-corrected chi connectivity index (χ1v) is 13.1. The zero-order chi connectivity index (χ0) is 21.8. The Morgan fingerprint density at radius 3 is 2.43 bits per heavy atom. The van der Waals surface area contributed by atoms with Crippen molar-refractivity contribution in [1.29, 1.82) is 0 Å². The fourth-order valence-electron chi connectivity index (χ4n) is 8.82. The predicted molar refractivity (Wildman–Crippen MR) is 128 cm³/mol. The van der Waals surface area contributed by atoms with Crippen molar-refractivity contribution in [2.45, 2.75) is 105 Å². The van der Waals surface area contributed by atoms with Gasteiger partial charge < -0.3 is 5.11 Å². The number of hydrogen-bond donors (Lipinski definition) is 1. The second-order valence-corrected chi connectivity index (χ2v) is 12.7. The van der Waals surface area contributed by atoms with Crippen molar-refractivity contribution in [2.75, 3.05) is 0 Å². The first kappa shape index (κ1) is 22.6. The van der Waals surface area contributed by atoms with E-state index in [1.165, 1.54) is 56.9 Å². The molecule has 3 fully saturated rings. The maximum atomic E-state index is 10.5. The highest BCUT2D eigenvalue weighted by molar-refractivity contribution is 5.28. The van der Waals surface area contributed by atoms with E-state index in [9.17, 15) is 5.11 Å². The molecule has 170 valence electrons. The van der Waals surface area contributed by atoms with Crippen LogP contribution in [-0.2, 0) is 0 Å². The summed E-state index contributed by atoms with van der Waals surface area (Å²) in [7, 11) is 0. The summed E-state index contributed by atoms with van der Waals surface area (Å²) in [6.45, 7) is 19.0. The quantitative estimate of drug-likeness (QED) is 0.457. The lowest BCUT2D eigenvalue weighted by atomic mass is 9.46. The Bertz CT molecular complexity index is 688. The Morgan fingerprint density at radius 1 is 1.07 bits per heavy atom. The van der Waals surface area contributed by atoms with Crippen molar-refractivity contribution in [1.82, 2.24) is 0 Å². The fourth-order valence-corrected chi connectivity index (χ4v) is 8.82. The lowest BCUT2D eigenvalue weighted by Gasteiger charge is -2.59. The number of aliphatic hydroxyl groups excluding tert-OH is 1. The molecule has 0 radical (unpaired) electrons. The molecule has 0 saturated heterocycles. The summed E-state index contributed by atoms with van der Waals surface area (Å²) in [5, 5.41) is 10.5. The van der Waals surface area contributed by atoms with Crippen LogP contribution in [0.5, 0.6) is 0 Å². The molecule has 30 heavy (non-hydrogen) atoms. The van der Waals surface area contributed by atoms with Gasteiger partial charge in [-0.1, -0.05) is 65.3 Å². The number of rotatable bonds is 5. The van der Waals surface area contributed by atoms with E-state index in [2.05, 4.69) is 54.2 Å². The molecule has 1 heteroatoms. The molecule has 0 spiro atoms. The van der Waals surface area contributed by atoms with Gasteiger partial charge >= 0.3 is 0 Å². The van der Waals surface area contributed by atoms with Crippen molar-refractivity contribution < 1.29 is 5.11 Å². The molecule has 0 unspecified atom stereocenters. The number of fused-ring (bicyclic) bond motifs is 5. The lowest BCUT2D eigenvalue weighted by Crippen LogP contribution is -2.52. The summed E-state index contributed by atoms with van der Waals surface area (Å²) in [6, 6.07) is 0. The van der Waals surface area contributed by atoms with E-state index in [0.29, 0.717) is 28.6 Å². The molecule has 4 aliphatic carbocycles. The van der Waals surface area contributed by atoms with Crippen LogP contribution >= 0.6 is 0 Å². The predicted octanol–water partition coefficient (Wildman–Crippen LogP) is 7.80. The van der Waals surface area contributed by atoms with Gasteiger partial charge in [-0.05, 0) is 110 Å². The molecule has 0 bridgehead atoms. The summed E-state index contributed by atoms with van der Waals surface area (Å²) in [5.74, 6) is 5.04. The number of hydrogen-bond acceptors (Lipinski definition) is 1. The molecule has 1 nitrogen and oxygen atoms in total. The van der Waals surface area contributed by atoms with E-state index in [0.717, 1.165) is 30.1 Å². The molecule has 9 atom stereocenters. The van der Waals surface area contributed by atoms with Gasteiger partial charge in [0.1, 0.15) is 0 Å². The highest BCUT2D eigenvalue weighted by Gasteiger charge is 2.59. The summed E-state index contributed by atoms with van der Waals surface area (Å²) in [6.07, 6.45) is 14.2. The maximum absolute atomic E-state index is 10.5. The fraction of sp³-hybridized carbons (Fsp3) is 0.862. The molecule has 4 aliphatic rings. The molecule has 4 rings (SSSR count). The normalized spacial score (nSPS) is 46.6. The molecule has 0 heterocycles. The maximum Gasteiger partial charge on any atom is 0.0568 e. The van der Waals surface area contributed by atoms with E-state index < -0.39 is 0 Å². The van der Waals surface area contributed by atoms with Gasteiger partial charge in [0, 0.05) is 0 Å². The Morgan fingerprint density at radius 2 is 1.73 bits per heavy atom. The van der Waals surface area contributed by atoms with Crippen LogP contribution in [0.4, 0.5) is 0 Å². The van der Waals surface area contributed by atoms with Crippen molar-refractivity contribution in [3.63, 3.8) is 0 Å². The van der Waals surface area contributed by atoms with Crippen LogP contribution in [-0.4, -0.2) is 11.2 Å². The van der Waals surface area contributed by atoms with Gasteiger partial charge in [-0.25, -0.2) is 0 Å². The zero-order valence-corrected chi connectivity index (χ0v) is 20.7. The van der Waals surface area contributed by atoms with Crippen molar-refractivity contribution in [2.24, 2.45) is 52.3 Å². The first-order chi connectivity index (χ1) is 14.1. The molecular weight excluding hydrogens is 364 g/mol. The first-order valence-electron chi connectivity index (χ1n) is 13.1. The molecule has 3 saturated carbocycles. The van der Waals surface area contributed by atoms with Crippen molar-refractivity contribution >= 4 is 0 Å². The van der Waals surface area contributed by atoms with Gasteiger partial charge in [-0.3, -0.25) is 0 Å². The lowest BCUT2D eigenvalue weighted by molar-refractivity contribution is -0.0773. The molecular formula is C29H48O. The molecule has 0 aliphatic heterocycles. The van der Waals surface area contributed by atoms with Crippen molar-refractivity contribution in [3.8, 4) is 0 Å². The van der Waals surface area contributed by atoms with Crippen molar-refractivity contribution in [3.05, 3.63) is 23.8 Å². The Hall–Kier alpha value is -0.560. The van der Waals surface area contributed by atoms with Crippen LogP contribution in [0.2, 0.25) is 0 Å². The second kappa shape index (κ2) is 8.09.